The Bertz CT molecular complexity index is 364. The van der Waals surface area contributed by atoms with Gasteiger partial charge in [0.25, 0.3) is 0 Å². The van der Waals surface area contributed by atoms with E-state index in [2.05, 4.69) is 0 Å². The second-order valence-corrected chi connectivity index (χ2v) is 3.64. The molecule has 1 atom stereocenters. The molecule has 0 saturated carbocycles. The number of benzene rings is 1. The van der Waals surface area contributed by atoms with Crippen molar-refractivity contribution in [2.45, 2.75) is 19.9 Å². The lowest BCUT2D eigenvalue weighted by molar-refractivity contribution is 0.0967. The van der Waals surface area contributed by atoms with Gasteiger partial charge in [0.15, 0.2) is 5.78 Å². The predicted octanol–water partition coefficient (Wildman–Crippen LogP) is 2.27. The number of carbonyl (C=O) groups excluding carboxylic acids is 1. The molecule has 0 saturated heterocycles. The number of ketones is 1. The van der Waals surface area contributed by atoms with E-state index in [1.165, 1.54) is 0 Å². The highest BCUT2D eigenvalue weighted by atomic mass is 35.5. The number of halogens is 1. The number of nitrogens with two attached hydrogens (primary N) is 1. The molecule has 0 bridgehead atoms. The fraction of sp³-hybridized carbons (Fsp3) is 0.364. The molecule has 0 radical (unpaired) electrons. The van der Waals surface area contributed by atoms with Crippen LogP contribution < -0.4 is 10.5 Å². The van der Waals surface area contributed by atoms with Crippen molar-refractivity contribution in [3.05, 3.63) is 28.8 Å². The summed E-state index contributed by atoms with van der Waals surface area (Å²) in [7, 11) is 0. The maximum atomic E-state index is 11.6. The van der Waals surface area contributed by atoms with Crippen molar-refractivity contribution >= 4 is 17.4 Å². The molecule has 82 valence electrons. The van der Waals surface area contributed by atoms with Gasteiger partial charge in [-0.15, -0.1) is 0 Å². The second kappa shape index (κ2) is 5.14. The fourth-order valence-electron chi connectivity index (χ4n) is 1.19. The molecule has 0 fully saturated rings. The first-order valence-electron chi connectivity index (χ1n) is 4.78. The first-order valence-corrected chi connectivity index (χ1v) is 5.16. The van der Waals surface area contributed by atoms with Crippen LogP contribution in [0, 0.1) is 0 Å². The van der Waals surface area contributed by atoms with Gasteiger partial charge in [-0.1, -0.05) is 11.6 Å². The zero-order chi connectivity index (χ0) is 11.4. The van der Waals surface area contributed by atoms with Gasteiger partial charge >= 0.3 is 0 Å². The van der Waals surface area contributed by atoms with Crippen LogP contribution in [0.2, 0.25) is 5.02 Å². The Balaban J connectivity index is 3.01. The van der Waals surface area contributed by atoms with Crippen molar-refractivity contribution in [2.75, 3.05) is 6.61 Å². The van der Waals surface area contributed by atoms with Gasteiger partial charge in [0.2, 0.25) is 0 Å². The first-order chi connectivity index (χ1) is 7.06. The summed E-state index contributed by atoms with van der Waals surface area (Å²) in [5.74, 6) is 0.401. The minimum atomic E-state index is -0.513. The van der Waals surface area contributed by atoms with Crippen molar-refractivity contribution < 1.29 is 9.53 Å². The normalized spacial score (nSPS) is 12.3. The smallest absolute Gasteiger partial charge is 0.179 e. The summed E-state index contributed by atoms with van der Waals surface area (Å²) >= 11 is 5.89. The minimum Gasteiger partial charge on any atom is -0.492 e. The Labute approximate surface area is 94.2 Å². The van der Waals surface area contributed by atoms with Crippen molar-refractivity contribution in [3.63, 3.8) is 0 Å². The molecule has 0 aliphatic rings. The van der Waals surface area contributed by atoms with Gasteiger partial charge in [-0.05, 0) is 32.0 Å². The van der Waals surface area contributed by atoms with Crippen molar-refractivity contribution in [3.8, 4) is 5.75 Å². The zero-order valence-corrected chi connectivity index (χ0v) is 9.54. The van der Waals surface area contributed by atoms with Crippen molar-refractivity contribution in [1.29, 1.82) is 0 Å². The predicted molar refractivity (Wildman–Crippen MR) is 60.6 cm³/mol. The van der Waals surface area contributed by atoms with Crippen molar-refractivity contribution in [1.82, 2.24) is 0 Å². The minimum absolute atomic E-state index is 0.118. The van der Waals surface area contributed by atoms with E-state index in [0.717, 1.165) is 0 Å². The molecule has 0 heterocycles. The molecule has 0 aliphatic carbocycles. The summed E-state index contributed by atoms with van der Waals surface area (Å²) in [4.78, 5) is 11.6. The van der Waals surface area contributed by atoms with Crippen LogP contribution in [0.4, 0.5) is 0 Å². The van der Waals surface area contributed by atoms with E-state index in [1.807, 2.05) is 6.92 Å². The Kier molecular flexibility index (Phi) is 4.12. The molecule has 0 aliphatic heterocycles. The van der Waals surface area contributed by atoms with E-state index < -0.39 is 6.04 Å². The molecular weight excluding hydrogens is 214 g/mol. The number of Topliss-reactive ketones (excluding diaryl/α,β-unsaturated/α-hetero) is 1. The quantitative estimate of drug-likeness (QED) is 0.803. The lowest BCUT2D eigenvalue weighted by Gasteiger charge is -2.09. The van der Waals surface area contributed by atoms with Crippen LogP contribution in [0.1, 0.15) is 24.2 Å². The van der Waals surface area contributed by atoms with Crippen LogP contribution >= 0.6 is 11.6 Å². The van der Waals surface area contributed by atoms with E-state index in [-0.39, 0.29) is 5.78 Å². The van der Waals surface area contributed by atoms with Crippen molar-refractivity contribution in [2.24, 2.45) is 5.73 Å². The van der Waals surface area contributed by atoms with Crippen LogP contribution in [-0.2, 0) is 0 Å². The van der Waals surface area contributed by atoms with E-state index >= 15 is 0 Å². The van der Waals surface area contributed by atoms with E-state index in [1.54, 1.807) is 25.1 Å². The van der Waals surface area contributed by atoms with Crippen LogP contribution in [0.5, 0.6) is 5.75 Å². The van der Waals surface area contributed by atoms with Gasteiger partial charge in [-0.25, -0.2) is 0 Å². The highest BCUT2D eigenvalue weighted by Gasteiger charge is 2.12. The number of hydrogen-bond acceptors (Lipinski definition) is 3. The Morgan fingerprint density at radius 2 is 2.27 bits per heavy atom. The molecule has 15 heavy (non-hydrogen) atoms. The summed E-state index contributed by atoms with van der Waals surface area (Å²) in [6, 6.07) is 4.40. The summed E-state index contributed by atoms with van der Waals surface area (Å²) in [6.07, 6.45) is 0. The monoisotopic (exact) mass is 227 g/mol. The summed E-state index contributed by atoms with van der Waals surface area (Å²) < 4.78 is 5.28. The molecule has 3 nitrogen and oxygen atoms in total. The third-order valence-electron chi connectivity index (χ3n) is 1.93. The number of carbonyl (C=O) groups is 1. The number of ether oxygens (including phenoxy) is 1. The molecule has 4 heteroatoms. The average Bonchev–Trinajstić information content (AvgIpc) is 2.20. The molecule has 1 rings (SSSR count). The third kappa shape index (κ3) is 2.94. The first kappa shape index (κ1) is 12.0. The average molecular weight is 228 g/mol. The van der Waals surface area contributed by atoms with Gasteiger partial charge < -0.3 is 10.5 Å². The topological polar surface area (TPSA) is 52.3 Å². The fourth-order valence-corrected chi connectivity index (χ4v) is 1.36. The van der Waals surface area contributed by atoms with Gasteiger partial charge in [0.1, 0.15) is 5.75 Å². The molecule has 0 aromatic heterocycles. The molecule has 0 spiro atoms. The zero-order valence-electron chi connectivity index (χ0n) is 8.79. The molecule has 1 aromatic carbocycles. The number of hydrogen-bond donors (Lipinski definition) is 1. The Hall–Kier alpha value is -1.06. The van der Waals surface area contributed by atoms with Gasteiger partial charge in [-0.3, -0.25) is 4.79 Å². The standard InChI is InChI=1S/C11H14ClNO2/c1-3-15-10-6-8(4-5-9(10)12)11(14)7(2)13/h4-7H,3,13H2,1-2H3. The second-order valence-electron chi connectivity index (χ2n) is 3.23. The molecule has 0 amide bonds. The van der Waals surface area contributed by atoms with Gasteiger partial charge in [0, 0.05) is 5.56 Å². The van der Waals surface area contributed by atoms with E-state index in [4.69, 9.17) is 22.1 Å². The van der Waals surface area contributed by atoms with Crippen LogP contribution in [-0.4, -0.2) is 18.4 Å². The summed E-state index contributed by atoms with van der Waals surface area (Å²) in [5, 5.41) is 0.498. The highest BCUT2D eigenvalue weighted by molar-refractivity contribution is 6.32. The largest absolute Gasteiger partial charge is 0.492 e. The summed E-state index contributed by atoms with van der Waals surface area (Å²) in [5.41, 5.74) is 6.03. The third-order valence-corrected chi connectivity index (χ3v) is 2.24. The maximum Gasteiger partial charge on any atom is 0.179 e. The van der Waals surface area contributed by atoms with E-state index in [0.29, 0.717) is 22.9 Å². The Morgan fingerprint density at radius 1 is 1.60 bits per heavy atom. The Morgan fingerprint density at radius 3 is 2.80 bits per heavy atom. The molecule has 1 aromatic rings. The highest BCUT2D eigenvalue weighted by Crippen LogP contribution is 2.25. The van der Waals surface area contributed by atoms with E-state index in [9.17, 15) is 4.79 Å². The molecule has 2 N–H and O–H groups in total. The molecular formula is C11H14ClNO2. The lowest BCUT2D eigenvalue weighted by Crippen LogP contribution is -2.26. The van der Waals surface area contributed by atoms with Crippen LogP contribution in [0.25, 0.3) is 0 Å². The van der Waals surface area contributed by atoms with Gasteiger partial charge in [-0.2, -0.15) is 0 Å². The van der Waals surface area contributed by atoms with Gasteiger partial charge in [0.05, 0.1) is 17.7 Å². The van der Waals surface area contributed by atoms with Crippen LogP contribution in [0.3, 0.4) is 0 Å². The maximum absolute atomic E-state index is 11.6. The lowest BCUT2D eigenvalue weighted by atomic mass is 10.1. The SMILES string of the molecule is CCOc1cc(C(=O)C(C)N)ccc1Cl. The number of rotatable bonds is 4. The summed E-state index contributed by atoms with van der Waals surface area (Å²) in [6.45, 7) is 4.02. The van der Waals surface area contributed by atoms with Crippen LogP contribution in [0.15, 0.2) is 18.2 Å². The molecule has 1 unspecified atom stereocenters.